The van der Waals surface area contributed by atoms with E-state index in [4.69, 9.17) is 33.7 Å². The molecule has 1 saturated heterocycles. The van der Waals surface area contributed by atoms with Crippen molar-refractivity contribution in [2.75, 3.05) is 36.9 Å². The highest BCUT2D eigenvalue weighted by Gasteiger charge is 2.43. The molecule has 3 aromatic carbocycles. The van der Waals surface area contributed by atoms with Gasteiger partial charge in [0.05, 0.1) is 30.0 Å². The zero-order valence-electron chi connectivity index (χ0n) is 21.4. The molecule has 0 saturated carbocycles. The van der Waals surface area contributed by atoms with Crippen LogP contribution in [0.4, 0.5) is 11.4 Å². The van der Waals surface area contributed by atoms with Crippen molar-refractivity contribution < 1.29 is 14.3 Å². The van der Waals surface area contributed by atoms with Crippen LogP contribution in [-0.2, 0) is 9.53 Å². The van der Waals surface area contributed by atoms with Crippen molar-refractivity contribution >= 4 is 69.0 Å². The fourth-order valence-corrected chi connectivity index (χ4v) is 6.09. The molecule has 3 aromatic rings. The molecule has 2 aliphatic rings. The lowest BCUT2D eigenvalue weighted by Gasteiger charge is -2.36. The van der Waals surface area contributed by atoms with Gasteiger partial charge in [0.25, 0.3) is 11.8 Å². The molecule has 0 spiro atoms. The van der Waals surface area contributed by atoms with Crippen LogP contribution in [0.15, 0.2) is 60.7 Å². The van der Waals surface area contributed by atoms with Gasteiger partial charge in [-0.3, -0.25) is 9.59 Å². The van der Waals surface area contributed by atoms with Gasteiger partial charge in [-0.05, 0) is 89.5 Å². The lowest BCUT2D eigenvalue weighted by molar-refractivity contribution is -0.123. The molecule has 1 unspecified atom stereocenters. The number of rotatable bonds is 6. The molecule has 1 fully saturated rings. The van der Waals surface area contributed by atoms with Gasteiger partial charge in [-0.25, -0.2) is 0 Å². The summed E-state index contributed by atoms with van der Waals surface area (Å²) < 4.78 is 6.81. The number of halogens is 3. The molecule has 7 nitrogen and oxygen atoms in total. The molecule has 5 rings (SSSR count). The van der Waals surface area contributed by atoms with Gasteiger partial charge in [-0.1, -0.05) is 41.4 Å². The normalized spacial score (nSPS) is 20.5. The minimum atomic E-state index is -0.907. The number of nitrogen functional groups attached to an aromatic ring is 1. The van der Waals surface area contributed by atoms with Crippen LogP contribution in [-0.4, -0.2) is 49.1 Å². The van der Waals surface area contributed by atoms with E-state index in [-0.39, 0.29) is 17.9 Å². The van der Waals surface area contributed by atoms with Gasteiger partial charge < -0.3 is 25.6 Å². The predicted molar refractivity (Wildman–Crippen MR) is 163 cm³/mol. The predicted octanol–water partition coefficient (Wildman–Crippen LogP) is 5.85. The van der Waals surface area contributed by atoms with Crippen molar-refractivity contribution in [2.24, 2.45) is 0 Å². The Hall–Kier alpha value is -2.37. The Balaban J connectivity index is 1.64. The number of carbonyl (C=O) groups excluding carboxylic acids is 2. The molecule has 0 aliphatic carbocycles. The number of nitrogens with zero attached hydrogens (tertiary/aromatic N) is 2. The number of morpholine rings is 1. The third-order valence-electron chi connectivity index (χ3n) is 7.27. The van der Waals surface area contributed by atoms with E-state index < -0.39 is 12.1 Å². The standard InChI is InChI=1S/C29H29Cl2IN4O3/c1-17(23-8-6-20(31)14-25(23)33)36-27(18-2-4-19(30)5-3-18)29(38)35(12-10-22-16-34-11-13-39-22)26-9-7-21(32)15-24(26)28(36)37/h2-9,14-15,17,22,27,34H,10-13,16,33H2,1H3/t17?,22-,27+/m0/s1. The van der Waals surface area contributed by atoms with Gasteiger partial charge in [-0.2, -0.15) is 0 Å². The van der Waals surface area contributed by atoms with E-state index in [9.17, 15) is 9.59 Å². The number of benzene rings is 3. The van der Waals surface area contributed by atoms with E-state index in [2.05, 4.69) is 27.9 Å². The van der Waals surface area contributed by atoms with E-state index >= 15 is 0 Å². The number of hydrogen-bond donors (Lipinski definition) is 2. The summed E-state index contributed by atoms with van der Waals surface area (Å²) in [7, 11) is 0. The average molecular weight is 679 g/mol. The van der Waals surface area contributed by atoms with Gasteiger partial charge in [0, 0.05) is 38.9 Å². The van der Waals surface area contributed by atoms with Crippen molar-refractivity contribution in [3.05, 3.63) is 91.0 Å². The van der Waals surface area contributed by atoms with Crippen LogP contribution >= 0.6 is 45.8 Å². The molecule has 0 aromatic heterocycles. The van der Waals surface area contributed by atoms with Crippen LogP contribution in [0.3, 0.4) is 0 Å². The van der Waals surface area contributed by atoms with E-state index in [1.54, 1.807) is 46.2 Å². The van der Waals surface area contributed by atoms with Crippen LogP contribution in [0.25, 0.3) is 0 Å². The quantitative estimate of drug-likeness (QED) is 0.252. The van der Waals surface area contributed by atoms with Crippen molar-refractivity contribution in [2.45, 2.75) is 31.5 Å². The number of carbonyl (C=O) groups is 2. The first-order chi connectivity index (χ1) is 18.7. The molecule has 3 atom stereocenters. The lowest BCUT2D eigenvalue weighted by atomic mass is 9.97. The fourth-order valence-electron chi connectivity index (χ4n) is 5.29. The number of ether oxygens (including phenoxy) is 1. The maximum atomic E-state index is 14.6. The SMILES string of the molecule is CC(c1ccc(Cl)cc1N)N1C(=O)c2cc(I)ccc2N(CC[C@H]2CNCCO2)C(=O)[C@H]1c1ccc(Cl)cc1. The topological polar surface area (TPSA) is 87.9 Å². The molecular formula is C29H29Cl2IN4O3. The highest BCUT2D eigenvalue weighted by molar-refractivity contribution is 14.1. The smallest absolute Gasteiger partial charge is 0.257 e. The van der Waals surface area contributed by atoms with Gasteiger partial charge in [0.2, 0.25) is 0 Å². The summed E-state index contributed by atoms with van der Waals surface area (Å²) in [4.78, 5) is 32.4. The first-order valence-electron chi connectivity index (χ1n) is 12.8. The lowest BCUT2D eigenvalue weighted by Crippen LogP contribution is -2.45. The summed E-state index contributed by atoms with van der Waals surface area (Å²) in [5.41, 5.74) is 9.26. The second-order valence-electron chi connectivity index (χ2n) is 9.75. The molecule has 39 heavy (non-hydrogen) atoms. The van der Waals surface area contributed by atoms with Gasteiger partial charge in [0.15, 0.2) is 0 Å². The summed E-state index contributed by atoms with van der Waals surface area (Å²) in [5, 5.41) is 4.39. The molecule has 3 N–H and O–H groups in total. The first-order valence-corrected chi connectivity index (χ1v) is 14.6. The van der Waals surface area contributed by atoms with E-state index in [1.165, 1.54) is 0 Å². The Kier molecular flexibility index (Phi) is 8.68. The molecule has 0 bridgehead atoms. The number of amides is 2. The van der Waals surface area contributed by atoms with E-state index in [0.717, 1.165) is 16.7 Å². The van der Waals surface area contributed by atoms with Gasteiger partial charge in [-0.15, -0.1) is 0 Å². The fraction of sp³-hybridized carbons (Fsp3) is 0.310. The first kappa shape index (κ1) is 28.2. The highest BCUT2D eigenvalue weighted by atomic mass is 127. The van der Waals surface area contributed by atoms with E-state index in [0.29, 0.717) is 57.7 Å². The largest absolute Gasteiger partial charge is 0.398 e. The van der Waals surface area contributed by atoms with Crippen LogP contribution < -0.4 is 16.0 Å². The number of fused-ring (bicyclic) bond motifs is 1. The third kappa shape index (κ3) is 5.90. The summed E-state index contributed by atoms with van der Waals surface area (Å²) in [5.74, 6) is -0.453. The van der Waals surface area contributed by atoms with Gasteiger partial charge >= 0.3 is 0 Å². The third-order valence-corrected chi connectivity index (χ3v) is 8.43. The molecule has 2 aliphatic heterocycles. The van der Waals surface area contributed by atoms with Crippen molar-refractivity contribution in [1.29, 1.82) is 0 Å². The summed E-state index contributed by atoms with van der Waals surface area (Å²) >= 11 is 14.6. The Morgan fingerprint density at radius 2 is 1.82 bits per heavy atom. The summed E-state index contributed by atoms with van der Waals surface area (Å²) in [6.07, 6.45) is 0.612. The number of anilines is 2. The Bertz CT molecular complexity index is 1380. The number of nitrogens with two attached hydrogens (primary N) is 1. The zero-order chi connectivity index (χ0) is 27.7. The summed E-state index contributed by atoms with van der Waals surface area (Å²) in [6, 6.07) is 16.5. The average Bonchev–Trinajstić information content (AvgIpc) is 3.01. The molecule has 10 heteroatoms. The van der Waals surface area contributed by atoms with Crippen LogP contribution in [0, 0.1) is 3.57 Å². The number of hydrogen-bond acceptors (Lipinski definition) is 5. The van der Waals surface area contributed by atoms with E-state index in [1.807, 2.05) is 31.2 Å². The minimum absolute atomic E-state index is 0.0179. The zero-order valence-corrected chi connectivity index (χ0v) is 25.0. The Labute approximate surface area is 251 Å². The van der Waals surface area contributed by atoms with Crippen molar-refractivity contribution in [3.8, 4) is 0 Å². The Morgan fingerprint density at radius 3 is 2.51 bits per heavy atom. The number of nitrogens with one attached hydrogen (secondary N) is 1. The molecule has 0 radical (unpaired) electrons. The molecule has 2 heterocycles. The second-order valence-corrected chi connectivity index (χ2v) is 11.9. The maximum Gasteiger partial charge on any atom is 0.257 e. The summed E-state index contributed by atoms with van der Waals surface area (Å²) in [6.45, 7) is 4.46. The van der Waals surface area contributed by atoms with Gasteiger partial charge in [0.1, 0.15) is 6.04 Å². The highest BCUT2D eigenvalue weighted by Crippen LogP contribution is 2.41. The monoisotopic (exact) mass is 678 g/mol. The van der Waals surface area contributed by atoms with Crippen molar-refractivity contribution in [3.63, 3.8) is 0 Å². The molecule has 2 amide bonds. The maximum absolute atomic E-state index is 14.6. The van der Waals surface area contributed by atoms with Crippen LogP contribution in [0.1, 0.15) is 46.9 Å². The van der Waals surface area contributed by atoms with Crippen molar-refractivity contribution in [1.82, 2.24) is 10.2 Å². The minimum Gasteiger partial charge on any atom is -0.398 e. The van der Waals surface area contributed by atoms with Crippen LogP contribution in [0.5, 0.6) is 0 Å². The molecule has 204 valence electrons. The molecular weight excluding hydrogens is 650 g/mol. The Morgan fingerprint density at radius 1 is 1.08 bits per heavy atom. The van der Waals surface area contributed by atoms with Crippen LogP contribution in [0.2, 0.25) is 10.0 Å². The second kappa shape index (κ2) is 12.0.